The summed E-state index contributed by atoms with van der Waals surface area (Å²) >= 11 is 6.00. The molecule has 0 aliphatic heterocycles. The largest absolute Gasteiger partial charge is 0.456 e. The summed E-state index contributed by atoms with van der Waals surface area (Å²) in [5.74, 6) is -2.46. The summed E-state index contributed by atoms with van der Waals surface area (Å²) in [6, 6.07) is 10.4. The molecule has 0 heterocycles. The van der Waals surface area contributed by atoms with Crippen LogP contribution < -0.4 is 5.32 Å². The van der Waals surface area contributed by atoms with Crippen LogP contribution in [0.1, 0.15) is 34.6 Å². The smallest absolute Gasteiger partial charge is 0.329 e. The fourth-order valence-corrected chi connectivity index (χ4v) is 2.53. The highest BCUT2D eigenvalue weighted by molar-refractivity contribution is 6.33. The molecule has 0 fully saturated rings. The summed E-state index contributed by atoms with van der Waals surface area (Å²) in [6.07, 6.45) is 0. The lowest BCUT2D eigenvalue weighted by Crippen LogP contribution is -2.45. The molecular weight excluding hydrogens is 373 g/mol. The fraction of sp³-hybridized carbons (Fsp3) is 0.250. The van der Waals surface area contributed by atoms with Gasteiger partial charge in [-0.2, -0.15) is 0 Å². The number of ketones is 1. The Balaban J connectivity index is 2.00. The van der Waals surface area contributed by atoms with Gasteiger partial charge in [0.2, 0.25) is 0 Å². The molecule has 0 aromatic heterocycles. The van der Waals surface area contributed by atoms with Gasteiger partial charge in [-0.25, -0.2) is 9.18 Å². The van der Waals surface area contributed by atoms with E-state index in [2.05, 4.69) is 5.32 Å². The Morgan fingerprint density at radius 2 is 1.70 bits per heavy atom. The molecule has 2 aromatic carbocycles. The molecule has 0 aliphatic carbocycles. The molecule has 7 heteroatoms. The van der Waals surface area contributed by atoms with Crippen LogP contribution in [0.2, 0.25) is 5.02 Å². The van der Waals surface area contributed by atoms with Crippen LogP contribution in [0.4, 0.5) is 4.39 Å². The number of amides is 1. The Morgan fingerprint density at radius 1 is 1.07 bits per heavy atom. The number of hydrogen-bond donors (Lipinski definition) is 1. The van der Waals surface area contributed by atoms with E-state index in [4.69, 9.17) is 16.3 Å². The molecule has 2 rings (SSSR count). The molecule has 5 nitrogen and oxygen atoms in total. The maximum Gasteiger partial charge on any atom is 0.329 e. The van der Waals surface area contributed by atoms with Crippen LogP contribution in [0.15, 0.2) is 48.5 Å². The lowest BCUT2D eigenvalue weighted by atomic mass is 10.0. The first-order valence-electron chi connectivity index (χ1n) is 8.30. The third-order valence-corrected chi connectivity index (χ3v) is 4.17. The van der Waals surface area contributed by atoms with Gasteiger partial charge in [-0.05, 0) is 42.3 Å². The third-order valence-electron chi connectivity index (χ3n) is 3.84. The van der Waals surface area contributed by atoms with Gasteiger partial charge in [-0.1, -0.05) is 37.6 Å². The molecular formula is C20H19ClFNO4. The predicted octanol–water partition coefficient (Wildman–Crippen LogP) is 3.66. The number of Topliss-reactive ketones (excluding diaryl/α,β-unsaturated/α-hetero) is 1. The van der Waals surface area contributed by atoms with E-state index in [1.54, 1.807) is 38.1 Å². The molecule has 1 atom stereocenters. The molecule has 0 radical (unpaired) electrons. The van der Waals surface area contributed by atoms with Crippen molar-refractivity contribution in [3.63, 3.8) is 0 Å². The van der Waals surface area contributed by atoms with E-state index in [9.17, 15) is 18.8 Å². The molecule has 2 aromatic rings. The van der Waals surface area contributed by atoms with Gasteiger partial charge >= 0.3 is 5.97 Å². The first-order valence-corrected chi connectivity index (χ1v) is 8.68. The minimum Gasteiger partial charge on any atom is -0.456 e. The normalized spacial score (nSPS) is 11.7. The SMILES string of the molecule is CC(C)[C@H](NC(=O)c1ccccc1Cl)C(=O)OCC(=O)c1ccc(F)cc1. The van der Waals surface area contributed by atoms with Crippen LogP contribution in [0.5, 0.6) is 0 Å². The van der Waals surface area contributed by atoms with Crippen molar-refractivity contribution in [3.05, 3.63) is 70.5 Å². The first kappa shape index (κ1) is 20.6. The molecule has 27 heavy (non-hydrogen) atoms. The van der Waals surface area contributed by atoms with Crippen LogP contribution in [0, 0.1) is 11.7 Å². The maximum atomic E-state index is 12.9. The van der Waals surface area contributed by atoms with Gasteiger partial charge < -0.3 is 10.1 Å². The van der Waals surface area contributed by atoms with Crippen molar-refractivity contribution in [2.75, 3.05) is 6.61 Å². The van der Waals surface area contributed by atoms with Crippen molar-refractivity contribution in [3.8, 4) is 0 Å². The van der Waals surface area contributed by atoms with E-state index in [0.29, 0.717) is 0 Å². The Bertz CT molecular complexity index is 836. The molecule has 1 amide bonds. The average Bonchev–Trinajstić information content (AvgIpc) is 2.64. The number of benzene rings is 2. The minimum atomic E-state index is -0.949. The zero-order chi connectivity index (χ0) is 20.0. The highest BCUT2D eigenvalue weighted by Gasteiger charge is 2.27. The van der Waals surface area contributed by atoms with Gasteiger partial charge in [0.25, 0.3) is 5.91 Å². The summed E-state index contributed by atoms with van der Waals surface area (Å²) in [6.45, 7) is 2.97. The Hall–Kier alpha value is -2.73. The lowest BCUT2D eigenvalue weighted by molar-refractivity contribution is -0.145. The minimum absolute atomic E-state index is 0.227. The van der Waals surface area contributed by atoms with Crippen LogP contribution in [-0.2, 0) is 9.53 Å². The lowest BCUT2D eigenvalue weighted by Gasteiger charge is -2.21. The molecule has 0 aliphatic rings. The number of rotatable bonds is 7. The number of halogens is 2. The summed E-state index contributed by atoms with van der Waals surface area (Å²) in [7, 11) is 0. The highest BCUT2D eigenvalue weighted by Crippen LogP contribution is 2.16. The van der Waals surface area contributed by atoms with E-state index >= 15 is 0 Å². The first-order chi connectivity index (χ1) is 12.8. The van der Waals surface area contributed by atoms with E-state index in [1.165, 1.54) is 12.1 Å². The summed E-state index contributed by atoms with van der Waals surface area (Å²) < 4.78 is 18.0. The summed E-state index contributed by atoms with van der Waals surface area (Å²) in [5.41, 5.74) is 0.463. The van der Waals surface area contributed by atoms with Gasteiger partial charge in [0.05, 0.1) is 10.6 Å². The van der Waals surface area contributed by atoms with Gasteiger partial charge in [-0.3, -0.25) is 9.59 Å². The summed E-state index contributed by atoms with van der Waals surface area (Å²) in [4.78, 5) is 36.8. The van der Waals surface area contributed by atoms with Gasteiger partial charge in [0, 0.05) is 5.56 Å². The van der Waals surface area contributed by atoms with Crippen molar-refractivity contribution >= 4 is 29.3 Å². The van der Waals surface area contributed by atoms with Crippen LogP contribution >= 0.6 is 11.6 Å². The zero-order valence-electron chi connectivity index (χ0n) is 14.9. The molecule has 0 saturated carbocycles. The van der Waals surface area contributed by atoms with E-state index in [1.807, 2.05) is 0 Å². The fourth-order valence-electron chi connectivity index (χ4n) is 2.31. The number of esters is 1. The monoisotopic (exact) mass is 391 g/mol. The number of ether oxygens (including phenoxy) is 1. The molecule has 0 spiro atoms. The molecule has 0 saturated heterocycles. The van der Waals surface area contributed by atoms with E-state index in [-0.39, 0.29) is 22.1 Å². The van der Waals surface area contributed by atoms with Crippen LogP contribution in [-0.4, -0.2) is 30.3 Å². The number of nitrogens with one attached hydrogen (secondary N) is 1. The quantitative estimate of drug-likeness (QED) is 0.577. The predicted molar refractivity (Wildman–Crippen MR) is 99.2 cm³/mol. The van der Waals surface area contributed by atoms with E-state index < -0.39 is 36.1 Å². The third kappa shape index (κ3) is 5.62. The van der Waals surface area contributed by atoms with Gasteiger partial charge in [-0.15, -0.1) is 0 Å². The topological polar surface area (TPSA) is 72.5 Å². The second-order valence-corrected chi connectivity index (χ2v) is 6.62. The molecule has 1 N–H and O–H groups in total. The van der Waals surface area contributed by atoms with Crippen molar-refractivity contribution in [1.29, 1.82) is 0 Å². The molecule has 0 bridgehead atoms. The maximum absolute atomic E-state index is 12.9. The number of carbonyl (C=O) groups is 3. The van der Waals surface area contributed by atoms with Gasteiger partial charge in [0.15, 0.2) is 12.4 Å². The number of hydrogen-bond acceptors (Lipinski definition) is 4. The van der Waals surface area contributed by atoms with E-state index in [0.717, 1.165) is 12.1 Å². The Morgan fingerprint density at radius 3 is 2.30 bits per heavy atom. The van der Waals surface area contributed by atoms with Crippen molar-refractivity contribution in [2.45, 2.75) is 19.9 Å². The number of carbonyl (C=O) groups excluding carboxylic acids is 3. The standard InChI is InChI=1S/C20H19ClFNO4/c1-12(2)18(23-19(25)15-5-3-4-6-16(15)21)20(26)27-11-17(24)13-7-9-14(22)10-8-13/h3-10,12,18H,11H2,1-2H3,(H,23,25)/t18-/m0/s1. The average molecular weight is 392 g/mol. The summed E-state index contributed by atoms with van der Waals surface area (Å²) in [5, 5.41) is 2.85. The molecule has 0 unspecified atom stereocenters. The Labute approximate surface area is 161 Å². The zero-order valence-corrected chi connectivity index (χ0v) is 15.6. The molecule has 142 valence electrons. The van der Waals surface area contributed by atoms with Crippen molar-refractivity contribution < 1.29 is 23.5 Å². The van der Waals surface area contributed by atoms with Gasteiger partial charge in [0.1, 0.15) is 11.9 Å². The highest BCUT2D eigenvalue weighted by atomic mass is 35.5. The van der Waals surface area contributed by atoms with Crippen molar-refractivity contribution in [1.82, 2.24) is 5.32 Å². The Kier molecular flexibility index (Phi) is 7.07. The van der Waals surface area contributed by atoms with Crippen LogP contribution in [0.3, 0.4) is 0 Å². The second kappa shape index (κ2) is 9.28. The van der Waals surface area contributed by atoms with Crippen LogP contribution in [0.25, 0.3) is 0 Å². The second-order valence-electron chi connectivity index (χ2n) is 6.21. The van der Waals surface area contributed by atoms with Crippen molar-refractivity contribution in [2.24, 2.45) is 5.92 Å².